The number of nitrogens with two attached hydrogens (primary N) is 1. The van der Waals surface area contributed by atoms with Crippen molar-refractivity contribution < 1.29 is 39.6 Å². The summed E-state index contributed by atoms with van der Waals surface area (Å²) in [5.74, 6) is -1.42. The van der Waals surface area contributed by atoms with E-state index in [-0.39, 0.29) is 28.6 Å². The largest absolute Gasteiger partial charge is 0.416 e. The molecule has 0 fully saturated rings. The third-order valence-electron chi connectivity index (χ3n) is 4.56. The molecule has 3 aromatic rings. The zero-order valence-corrected chi connectivity index (χ0v) is 19.0. The van der Waals surface area contributed by atoms with Crippen LogP contribution in [0.5, 0.6) is 0 Å². The van der Waals surface area contributed by atoms with E-state index in [4.69, 9.17) is 5.73 Å². The number of sulfonamides is 1. The van der Waals surface area contributed by atoms with E-state index in [0.717, 1.165) is 18.5 Å². The molecule has 0 radical (unpaired) electrons. The number of carbonyl (C=O) groups excluding carboxylic acids is 1. The molecule has 0 unspecified atom stereocenters. The fraction of sp³-hybridized carbons (Fsp3) is 0.136. The van der Waals surface area contributed by atoms with E-state index >= 15 is 0 Å². The van der Waals surface area contributed by atoms with Crippen LogP contribution >= 0.6 is 0 Å². The van der Waals surface area contributed by atoms with Crippen LogP contribution in [-0.2, 0) is 27.2 Å². The number of anilines is 1. The number of primary amides is 1. The minimum absolute atomic E-state index is 0.0179. The molecule has 0 saturated carbocycles. The van der Waals surface area contributed by atoms with Gasteiger partial charge in [-0.2, -0.15) is 26.3 Å². The normalized spacial score (nSPS) is 12.9. The molecule has 7 nitrogen and oxygen atoms in total. The quantitative estimate of drug-likeness (QED) is 0.358. The molecular formula is C22H16F6N4O3S. The van der Waals surface area contributed by atoms with Crippen molar-refractivity contribution in [1.82, 2.24) is 9.97 Å². The van der Waals surface area contributed by atoms with Crippen molar-refractivity contribution in [3.8, 4) is 11.4 Å². The standard InChI is InChI=1S/C22H16F6N4O3S/c1-36(34,35)32-17-4-2-3-12(9-17)18(19(29)33)11-16-5-6-30-20(31-16)13-7-14(21(23,24)25)10-15(8-13)22(26,27)28/h2-11,32H,1H3,(H2,29,33)/b18-11+. The van der Waals surface area contributed by atoms with Crippen LogP contribution < -0.4 is 10.5 Å². The Morgan fingerprint density at radius 1 is 0.972 bits per heavy atom. The summed E-state index contributed by atoms with van der Waals surface area (Å²) >= 11 is 0. The molecule has 1 heterocycles. The number of nitrogens with one attached hydrogen (secondary N) is 1. The average molecular weight is 530 g/mol. The highest BCUT2D eigenvalue weighted by atomic mass is 32.2. The van der Waals surface area contributed by atoms with Gasteiger partial charge in [0.25, 0.3) is 0 Å². The van der Waals surface area contributed by atoms with Crippen LogP contribution in [0.2, 0.25) is 0 Å². The second-order valence-electron chi connectivity index (χ2n) is 7.48. The first-order valence-corrected chi connectivity index (χ1v) is 11.6. The lowest BCUT2D eigenvalue weighted by Crippen LogP contribution is -2.14. The molecule has 3 N–H and O–H groups in total. The lowest BCUT2D eigenvalue weighted by Gasteiger charge is -2.14. The Kier molecular flexibility index (Phi) is 7.11. The van der Waals surface area contributed by atoms with Crippen LogP contribution in [0.25, 0.3) is 23.0 Å². The van der Waals surface area contributed by atoms with Crippen LogP contribution in [0, 0.1) is 0 Å². The number of alkyl halides is 6. The number of nitrogens with zero attached hydrogens (tertiary/aromatic N) is 2. The monoisotopic (exact) mass is 530 g/mol. The third-order valence-corrected chi connectivity index (χ3v) is 5.16. The molecule has 190 valence electrons. The van der Waals surface area contributed by atoms with Gasteiger partial charge in [-0.3, -0.25) is 9.52 Å². The minimum Gasteiger partial charge on any atom is -0.366 e. The van der Waals surface area contributed by atoms with Crippen molar-refractivity contribution in [3.63, 3.8) is 0 Å². The maximum absolute atomic E-state index is 13.2. The van der Waals surface area contributed by atoms with Gasteiger partial charge in [0.1, 0.15) is 0 Å². The van der Waals surface area contributed by atoms with E-state index in [0.29, 0.717) is 12.1 Å². The van der Waals surface area contributed by atoms with Crippen molar-refractivity contribution in [2.24, 2.45) is 5.73 Å². The van der Waals surface area contributed by atoms with Crippen molar-refractivity contribution in [2.75, 3.05) is 11.0 Å². The fourth-order valence-corrected chi connectivity index (χ4v) is 3.64. The van der Waals surface area contributed by atoms with Crippen LogP contribution in [0.1, 0.15) is 22.4 Å². The number of halogens is 6. The Bertz CT molecular complexity index is 1420. The highest BCUT2D eigenvalue weighted by molar-refractivity contribution is 7.92. The molecule has 36 heavy (non-hydrogen) atoms. The number of aromatic nitrogens is 2. The second-order valence-corrected chi connectivity index (χ2v) is 9.23. The molecule has 1 amide bonds. The first kappa shape index (κ1) is 26.7. The first-order chi connectivity index (χ1) is 16.5. The highest BCUT2D eigenvalue weighted by Gasteiger charge is 2.37. The Morgan fingerprint density at radius 2 is 1.58 bits per heavy atom. The third kappa shape index (κ3) is 6.81. The number of hydrogen-bond acceptors (Lipinski definition) is 5. The lowest BCUT2D eigenvalue weighted by molar-refractivity contribution is -0.143. The van der Waals surface area contributed by atoms with Gasteiger partial charge in [0, 0.05) is 23.0 Å². The highest BCUT2D eigenvalue weighted by Crippen LogP contribution is 2.38. The van der Waals surface area contributed by atoms with Gasteiger partial charge >= 0.3 is 12.4 Å². The van der Waals surface area contributed by atoms with Gasteiger partial charge in [0.2, 0.25) is 15.9 Å². The van der Waals surface area contributed by atoms with Gasteiger partial charge in [-0.15, -0.1) is 0 Å². The molecule has 0 aliphatic carbocycles. The van der Waals surface area contributed by atoms with Crippen LogP contribution in [0.15, 0.2) is 54.7 Å². The van der Waals surface area contributed by atoms with Gasteiger partial charge in [-0.05, 0) is 48.0 Å². The summed E-state index contributed by atoms with van der Waals surface area (Å²) in [5, 5.41) is 0. The molecule has 0 spiro atoms. The summed E-state index contributed by atoms with van der Waals surface area (Å²) < 4.78 is 104. The van der Waals surface area contributed by atoms with Gasteiger partial charge in [0.15, 0.2) is 5.82 Å². The smallest absolute Gasteiger partial charge is 0.366 e. The molecule has 1 aromatic heterocycles. The molecule has 0 aliphatic heterocycles. The van der Waals surface area contributed by atoms with Crippen LogP contribution in [-0.4, -0.2) is 30.5 Å². The molecule has 0 aliphatic rings. The predicted molar refractivity (Wildman–Crippen MR) is 119 cm³/mol. The van der Waals surface area contributed by atoms with Crippen molar-refractivity contribution in [1.29, 1.82) is 0 Å². The predicted octanol–water partition coefficient (Wildman–Crippen LogP) is 4.58. The molecular weight excluding hydrogens is 514 g/mol. The Hall–Kier alpha value is -3.94. The summed E-state index contributed by atoms with van der Waals surface area (Å²) in [6, 6.07) is 7.79. The van der Waals surface area contributed by atoms with E-state index in [9.17, 15) is 39.6 Å². The molecule has 0 saturated heterocycles. The molecule has 2 aromatic carbocycles. The van der Waals surface area contributed by atoms with E-state index in [1.54, 1.807) is 0 Å². The van der Waals surface area contributed by atoms with E-state index in [2.05, 4.69) is 14.7 Å². The second kappa shape index (κ2) is 9.60. The SMILES string of the molecule is CS(=O)(=O)Nc1cccc(/C(=C\c2ccnc(-c3cc(C(F)(F)F)cc(C(F)(F)F)c3)n2)C(N)=O)c1. The molecule has 0 bridgehead atoms. The maximum Gasteiger partial charge on any atom is 0.416 e. The Labute approximate surface area is 200 Å². The van der Waals surface area contributed by atoms with Gasteiger partial charge in [-0.1, -0.05) is 12.1 Å². The summed E-state index contributed by atoms with van der Waals surface area (Å²) in [5.41, 5.74) is 1.90. The minimum atomic E-state index is -5.06. The van der Waals surface area contributed by atoms with Crippen LogP contribution in [0.4, 0.5) is 32.0 Å². The number of benzene rings is 2. The Morgan fingerprint density at radius 3 is 2.11 bits per heavy atom. The number of hydrogen-bond donors (Lipinski definition) is 2. The number of rotatable bonds is 6. The van der Waals surface area contributed by atoms with Crippen LogP contribution in [0.3, 0.4) is 0 Å². The zero-order valence-electron chi connectivity index (χ0n) is 18.1. The summed E-state index contributed by atoms with van der Waals surface area (Å²) in [6.45, 7) is 0. The number of carbonyl (C=O) groups is 1. The molecule has 3 rings (SSSR count). The van der Waals surface area contributed by atoms with Crippen molar-refractivity contribution in [2.45, 2.75) is 12.4 Å². The number of amides is 1. The lowest BCUT2D eigenvalue weighted by atomic mass is 10.0. The average Bonchev–Trinajstić information content (AvgIpc) is 2.75. The van der Waals surface area contributed by atoms with Gasteiger partial charge in [0.05, 0.1) is 23.1 Å². The Balaban J connectivity index is 2.10. The van der Waals surface area contributed by atoms with Crippen molar-refractivity contribution in [3.05, 3.63) is 77.1 Å². The van der Waals surface area contributed by atoms with Gasteiger partial charge < -0.3 is 5.73 Å². The molecule has 14 heteroatoms. The van der Waals surface area contributed by atoms with E-state index in [1.165, 1.54) is 30.3 Å². The summed E-state index contributed by atoms with van der Waals surface area (Å²) in [4.78, 5) is 19.8. The summed E-state index contributed by atoms with van der Waals surface area (Å²) in [7, 11) is -3.63. The van der Waals surface area contributed by atoms with E-state index < -0.39 is 50.8 Å². The fourth-order valence-electron chi connectivity index (χ4n) is 3.09. The molecule has 0 atom stereocenters. The van der Waals surface area contributed by atoms with Gasteiger partial charge in [-0.25, -0.2) is 18.4 Å². The van der Waals surface area contributed by atoms with Crippen molar-refractivity contribution >= 4 is 33.3 Å². The first-order valence-electron chi connectivity index (χ1n) is 9.75. The topological polar surface area (TPSA) is 115 Å². The summed E-state index contributed by atoms with van der Waals surface area (Å²) in [6.07, 6.45) is -6.96. The zero-order chi connectivity index (χ0) is 26.9. The maximum atomic E-state index is 13.2. The van der Waals surface area contributed by atoms with E-state index in [1.807, 2.05) is 0 Å².